The Morgan fingerprint density at radius 3 is 2.87 bits per heavy atom. The van der Waals surface area contributed by atoms with Crippen LogP contribution in [-0.4, -0.2) is 16.3 Å². The number of hydrogen-bond donors (Lipinski definition) is 1. The van der Waals surface area contributed by atoms with Gasteiger partial charge in [-0.15, -0.1) is 0 Å². The highest BCUT2D eigenvalue weighted by molar-refractivity contribution is 4.99. The lowest BCUT2D eigenvalue weighted by Crippen LogP contribution is -2.25. The van der Waals surface area contributed by atoms with E-state index >= 15 is 0 Å². The molecule has 0 bridgehead atoms. The van der Waals surface area contributed by atoms with Gasteiger partial charge in [-0.2, -0.15) is 5.10 Å². The average Bonchev–Trinajstić information content (AvgIpc) is 2.26. The fourth-order valence-electron chi connectivity index (χ4n) is 1.31. The van der Waals surface area contributed by atoms with E-state index in [1.54, 1.807) is 16.8 Å². The zero-order valence-electron chi connectivity index (χ0n) is 9.49. The predicted molar refractivity (Wildman–Crippen MR) is 60.8 cm³/mol. The molecule has 1 aromatic rings. The van der Waals surface area contributed by atoms with Crippen molar-refractivity contribution < 1.29 is 0 Å². The van der Waals surface area contributed by atoms with Crippen LogP contribution in [0.1, 0.15) is 32.4 Å². The molecule has 0 aliphatic rings. The maximum absolute atomic E-state index is 11.4. The van der Waals surface area contributed by atoms with Crippen LogP contribution in [0.4, 0.5) is 0 Å². The molecule has 0 radical (unpaired) electrons. The SMILES string of the molecule is CCCCn1nc(CNCC)ccc1=O. The standard InChI is InChI=1S/C11H19N3O/c1-3-5-8-14-11(15)7-6-10(13-14)9-12-4-2/h6-7,12H,3-5,8-9H2,1-2H3. The first-order valence-electron chi connectivity index (χ1n) is 5.55. The van der Waals surface area contributed by atoms with Crippen molar-refractivity contribution in [2.45, 2.75) is 39.8 Å². The first-order valence-corrected chi connectivity index (χ1v) is 5.55. The summed E-state index contributed by atoms with van der Waals surface area (Å²) in [4.78, 5) is 11.4. The molecule has 1 aromatic heterocycles. The molecule has 0 saturated heterocycles. The molecule has 0 amide bonds. The minimum absolute atomic E-state index is 0.0105. The highest BCUT2D eigenvalue weighted by Gasteiger charge is 1.99. The van der Waals surface area contributed by atoms with Gasteiger partial charge >= 0.3 is 0 Å². The summed E-state index contributed by atoms with van der Waals surface area (Å²) in [5, 5.41) is 7.48. The van der Waals surface area contributed by atoms with E-state index in [2.05, 4.69) is 17.3 Å². The van der Waals surface area contributed by atoms with Crippen LogP contribution in [0.3, 0.4) is 0 Å². The Kier molecular flexibility index (Phi) is 5.04. The second-order valence-electron chi connectivity index (χ2n) is 3.52. The summed E-state index contributed by atoms with van der Waals surface area (Å²) in [6.45, 7) is 6.51. The van der Waals surface area contributed by atoms with Crippen molar-refractivity contribution in [1.29, 1.82) is 0 Å². The van der Waals surface area contributed by atoms with E-state index in [9.17, 15) is 4.79 Å². The number of hydrogen-bond acceptors (Lipinski definition) is 3. The minimum atomic E-state index is -0.0105. The van der Waals surface area contributed by atoms with Gasteiger partial charge in [0.05, 0.1) is 5.69 Å². The molecule has 0 unspecified atom stereocenters. The van der Waals surface area contributed by atoms with Gasteiger partial charge in [0.1, 0.15) is 0 Å². The third kappa shape index (κ3) is 3.83. The van der Waals surface area contributed by atoms with Crippen LogP contribution in [0.5, 0.6) is 0 Å². The van der Waals surface area contributed by atoms with Crippen LogP contribution in [0.2, 0.25) is 0 Å². The normalized spacial score (nSPS) is 10.5. The molecular formula is C11H19N3O. The highest BCUT2D eigenvalue weighted by Crippen LogP contribution is 1.93. The number of nitrogens with zero attached hydrogens (tertiary/aromatic N) is 2. The topological polar surface area (TPSA) is 46.9 Å². The van der Waals surface area contributed by atoms with E-state index in [1.165, 1.54) is 0 Å². The van der Waals surface area contributed by atoms with Crippen molar-refractivity contribution in [2.75, 3.05) is 6.54 Å². The first kappa shape index (κ1) is 11.9. The van der Waals surface area contributed by atoms with Gasteiger partial charge < -0.3 is 5.32 Å². The second-order valence-corrected chi connectivity index (χ2v) is 3.52. The van der Waals surface area contributed by atoms with Gasteiger partial charge in [-0.1, -0.05) is 20.3 Å². The minimum Gasteiger partial charge on any atom is -0.311 e. The molecule has 1 N–H and O–H groups in total. The maximum atomic E-state index is 11.4. The number of aryl methyl sites for hydroxylation is 1. The summed E-state index contributed by atoms with van der Waals surface area (Å²) in [6.07, 6.45) is 2.07. The molecule has 1 rings (SSSR count). The Morgan fingerprint density at radius 2 is 2.20 bits per heavy atom. The van der Waals surface area contributed by atoms with E-state index in [1.807, 2.05) is 6.92 Å². The summed E-state index contributed by atoms with van der Waals surface area (Å²) < 4.78 is 1.55. The van der Waals surface area contributed by atoms with Crippen molar-refractivity contribution in [3.63, 3.8) is 0 Å². The number of aromatic nitrogens is 2. The summed E-state index contributed by atoms with van der Waals surface area (Å²) in [6, 6.07) is 3.38. The van der Waals surface area contributed by atoms with Gasteiger partial charge in [-0.25, -0.2) is 4.68 Å². The monoisotopic (exact) mass is 209 g/mol. The van der Waals surface area contributed by atoms with Crippen molar-refractivity contribution in [1.82, 2.24) is 15.1 Å². The van der Waals surface area contributed by atoms with Crippen LogP contribution in [0, 0.1) is 0 Å². The van der Waals surface area contributed by atoms with Gasteiger partial charge in [0.15, 0.2) is 0 Å². The smallest absolute Gasteiger partial charge is 0.266 e. The predicted octanol–water partition coefficient (Wildman–Crippen LogP) is 1.15. The van der Waals surface area contributed by atoms with Crippen molar-refractivity contribution in [3.8, 4) is 0 Å². The Bertz CT molecular complexity index is 346. The van der Waals surface area contributed by atoms with Gasteiger partial charge in [0.2, 0.25) is 0 Å². The average molecular weight is 209 g/mol. The first-order chi connectivity index (χ1) is 7.27. The summed E-state index contributed by atoms with van der Waals surface area (Å²) >= 11 is 0. The van der Waals surface area contributed by atoms with Crippen LogP contribution >= 0.6 is 0 Å². The quantitative estimate of drug-likeness (QED) is 0.764. The molecule has 0 saturated carbocycles. The molecule has 84 valence electrons. The molecule has 0 aromatic carbocycles. The zero-order valence-corrected chi connectivity index (χ0v) is 9.49. The van der Waals surface area contributed by atoms with E-state index in [-0.39, 0.29) is 5.56 Å². The molecule has 1 heterocycles. The van der Waals surface area contributed by atoms with E-state index < -0.39 is 0 Å². The molecule has 15 heavy (non-hydrogen) atoms. The fourth-order valence-corrected chi connectivity index (χ4v) is 1.31. The molecule has 0 atom stereocenters. The maximum Gasteiger partial charge on any atom is 0.266 e. The molecular weight excluding hydrogens is 190 g/mol. The molecule has 0 aliphatic carbocycles. The second kappa shape index (κ2) is 6.35. The fraction of sp³-hybridized carbons (Fsp3) is 0.636. The van der Waals surface area contributed by atoms with Crippen molar-refractivity contribution >= 4 is 0 Å². The van der Waals surface area contributed by atoms with Crippen LogP contribution < -0.4 is 10.9 Å². The Balaban J connectivity index is 2.71. The molecule has 4 nitrogen and oxygen atoms in total. The molecule has 0 fully saturated rings. The lowest BCUT2D eigenvalue weighted by molar-refractivity contribution is 0.526. The van der Waals surface area contributed by atoms with E-state index in [0.29, 0.717) is 0 Å². The lowest BCUT2D eigenvalue weighted by atomic mass is 10.3. The number of nitrogens with one attached hydrogen (secondary N) is 1. The Morgan fingerprint density at radius 1 is 1.40 bits per heavy atom. The van der Waals surface area contributed by atoms with E-state index in [4.69, 9.17) is 0 Å². The molecule has 0 aliphatic heterocycles. The lowest BCUT2D eigenvalue weighted by Gasteiger charge is -2.06. The number of unbranched alkanes of at least 4 members (excludes halogenated alkanes) is 1. The largest absolute Gasteiger partial charge is 0.311 e. The van der Waals surface area contributed by atoms with Crippen LogP contribution in [0.25, 0.3) is 0 Å². The summed E-state index contributed by atoms with van der Waals surface area (Å²) in [5.74, 6) is 0. The third-order valence-corrected chi connectivity index (χ3v) is 2.20. The van der Waals surface area contributed by atoms with E-state index in [0.717, 1.165) is 38.2 Å². The van der Waals surface area contributed by atoms with Gasteiger partial charge in [-0.05, 0) is 19.0 Å². The van der Waals surface area contributed by atoms with Gasteiger partial charge in [-0.3, -0.25) is 4.79 Å². The van der Waals surface area contributed by atoms with Crippen LogP contribution in [0.15, 0.2) is 16.9 Å². The highest BCUT2D eigenvalue weighted by atomic mass is 16.1. The van der Waals surface area contributed by atoms with Gasteiger partial charge in [0.25, 0.3) is 5.56 Å². The Labute approximate surface area is 90.3 Å². The summed E-state index contributed by atoms with van der Waals surface area (Å²) in [7, 11) is 0. The van der Waals surface area contributed by atoms with Crippen molar-refractivity contribution in [2.24, 2.45) is 0 Å². The van der Waals surface area contributed by atoms with Crippen molar-refractivity contribution in [3.05, 3.63) is 28.2 Å². The molecule has 4 heteroatoms. The van der Waals surface area contributed by atoms with Crippen LogP contribution in [-0.2, 0) is 13.1 Å². The third-order valence-electron chi connectivity index (χ3n) is 2.20. The summed E-state index contributed by atoms with van der Waals surface area (Å²) in [5.41, 5.74) is 0.913. The molecule has 0 spiro atoms. The Hall–Kier alpha value is -1.16. The number of rotatable bonds is 6. The zero-order chi connectivity index (χ0) is 11.1. The van der Waals surface area contributed by atoms with Gasteiger partial charge in [0, 0.05) is 19.2 Å².